The van der Waals surface area contributed by atoms with Crippen molar-refractivity contribution in [3.63, 3.8) is 0 Å². The monoisotopic (exact) mass is 156 g/mol. The maximum atomic E-state index is 5.57. The fourth-order valence-corrected chi connectivity index (χ4v) is 2.78. The van der Waals surface area contributed by atoms with Gasteiger partial charge < -0.3 is 9.47 Å². The van der Waals surface area contributed by atoms with E-state index in [2.05, 4.69) is 0 Å². The van der Waals surface area contributed by atoms with Crippen molar-refractivity contribution in [1.82, 2.24) is 0 Å². The van der Waals surface area contributed by atoms with Crippen LogP contribution in [0.25, 0.3) is 0 Å². The molecule has 2 aliphatic rings. The summed E-state index contributed by atoms with van der Waals surface area (Å²) in [6, 6.07) is 0. The minimum Gasteiger partial charge on any atom is -0.378 e. The van der Waals surface area contributed by atoms with Gasteiger partial charge in [-0.2, -0.15) is 0 Å². The Balaban J connectivity index is 2.15. The molecule has 0 amide bonds. The lowest BCUT2D eigenvalue weighted by atomic mass is 9.94. The van der Waals surface area contributed by atoms with Crippen LogP contribution < -0.4 is 0 Å². The first kappa shape index (κ1) is 7.56. The number of ether oxygens (including phenoxy) is 2. The molecule has 0 aliphatic heterocycles. The van der Waals surface area contributed by atoms with Gasteiger partial charge in [0.1, 0.15) is 0 Å². The number of fused-ring (bicyclic) bond motifs is 2. The van der Waals surface area contributed by atoms with E-state index in [-0.39, 0.29) is 5.60 Å². The number of hydrogen-bond acceptors (Lipinski definition) is 2. The summed E-state index contributed by atoms with van der Waals surface area (Å²) in [5, 5.41) is 0. The largest absolute Gasteiger partial charge is 0.378 e. The first-order chi connectivity index (χ1) is 5.30. The molecule has 2 aliphatic carbocycles. The van der Waals surface area contributed by atoms with E-state index in [4.69, 9.17) is 9.47 Å². The molecule has 11 heavy (non-hydrogen) atoms. The van der Waals surface area contributed by atoms with E-state index in [0.29, 0.717) is 6.10 Å². The van der Waals surface area contributed by atoms with Crippen LogP contribution in [0, 0.1) is 5.92 Å². The van der Waals surface area contributed by atoms with Crippen molar-refractivity contribution >= 4 is 0 Å². The van der Waals surface area contributed by atoms with Gasteiger partial charge >= 0.3 is 0 Å². The predicted octanol–water partition coefficient (Wildman–Crippen LogP) is 1.59. The van der Waals surface area contributed by atoms with Crippen molar-refractivity contribution in [3.05, 3.63) is 0 Å². The molecule has 3 atom stereocenters. The molecule has 2 fully saturated rings. The Morgan fingerprint density at radius 1 is 1.36 bits per heavy atom. The van der Waals surface area contributed by atoms with Gasteiger partial charge in [-0.15, -0.1) is 0 Å². The highest BCUT2D eigenvalue weighted by Gasteiger charge is 2.52. The van der Waals surface area contributed by atoms with Crippen molar-refractivity contribution in [1.29, 1.82) is 0 Å². The molecule has 64 valence electrons. The van der Waals surface area contributed by atoms with E-state index in [9.17, 15) is 0 Å². The molecular formula is C9H16O2. The average Bonchev–Trinajstić information content (AvgIpc) is 2.60. The van der Waals surface area contributed by atoms with E-state index in [1.54, 1.807) is 7.11 Å². The predicted molar refractivity (Wildman–Crippen MR) is 42.5 cm³/mol. The second kappa shape index (κ2) is 2.46. The highest BCUT2D eigenvalue weighted by atomic mass is 16.5. The van der Waals surface area contributed by atoms with E-state index >= 15 is 0 Å². The molecule has 0 aromatic carbocycles. The maximum Gasteiger partial charge on any atom is 0.0941 e. The summed E-state index contributed by atoms with van der Waals surface area (Å²) in [6.07, 6.45) is 5.35. The molecule has 0 saturated heterocycles. The van der Waals surface area contributed by atoms with Crippen molar-refractivity contribution < 1.29 is 9.47 Å². The minimum atomic E-state index is 0.0966. The second-order valence-electron chi connectivity index (χ2n) is 3.84. The van der Waals surface area contributed by atoms with Crippen LogP contribution in [-0.2, 0) is 9.47 Å². The third-order valence-electron chi connectivity index (χ3n) is 3.44. The van der Waals surface area contributed by atoms with Gasteiger partial charge in [-0.3, -0.25) is 0 Å². The van der Waals surface area contributed by atoms with Crippen molar-refractivity contribution in [3.8, 4) is 0 Å². The molecule has 0 spiro atoms. The zero-order chi connectivity index (χ0) is 7.90. The molecule has 0 N–H and O–H groups in total. The zero-order valence-electron chi connectivity index (χ0n) is 7.30. The highest BCUT2D eigenvalue weighted by Crippen LogP contribution is 2.50. The van der Waals surface area contributed by atoms with E-state index in [1.807, 2.05) is 7.11 Å². The van der Waals surface area contributed by atoms with E-state index in [0.717, 1.165) is 5.92 Å². The fourth-order valence-electron chi connectivity index (χ4n) is 2.78. The smallest absolute Gasteiger partial charge is 0.0941 e. The molecule has 0 radical (unpaired) electrons. The fraction of sp³-hybridized carbons (Fsp3) is 1.00. The molecule has 2 heteroatoms. The van der Waals surface area contributed by atoms with Gasteiger partial charge in [0, 0.05) is 14.2 Å². The molecule has 3 unspecified atom stereocenters. The van der Waals surface area contributed by atoms with Gasteiger partial charge in [-0.05, 0) is 31.6 Å². The molecule has 2 saturated carbocycles. The van der Waals surface area contributed by atoms with E-state index < -0.39 is 0 Å². The minimum absolute atomic E-state index is 0.0966. The molecule has 0 aromatic rings. The Hall–Kier alpha value is -0.0800. The van der Waals surface area contributed by atoms with Crippen LogP contribution in [0.15, 0.2) is 0 Å². The van der Waals surface area contributed by atoms with Crippen LogP contribution in [-0.4, -0.2) is 25.9 Å². The molecule has 2 bridgehead atoms. The molecule has 2 rings (SSSR count). The average molecular weight is 156 g/mol. The quantitative estimate of drug-likeness (QED) is 0.604. The Morgan fingerprint density at radius 3 is 2.64 bits per heavy atom. The summed E-state index contributed by atoms with van der Waals surface area (Å²) in [5.74, 6) is 0.875. The Labute approximate surface area is 67.9 Å². The molecule has 0 heterocycles. The topological polar surface area (TPSA) is 18.5 Å². The van der Waals surface area contributed by atoms with Crippen molar-refractivity contribution in [2.45, 2.75) is 37.4 Å². The zero-order valence-corrected chi connectivity index (χ0v) is 7.30. The van der Waals surface area contributed by atoms with Gasteiger partial charge in [0.15, 0.2) is 0 Å². The van der Waals surface area contributed by atoms with Crippen molar-refractivity contribution in [2.24, 2.45) is 5.92 Å². The van der Waals surface area contributed by atoms with Crippen LogP contribution in [0.3, 0.4) is 0 Å². The third kappa shape index (κ3) is 0.926. The number of methoxy groups -OCH3 is 2. The standard InChI is InChI=1S/C9H16O2/c1-10-8-5-7-3-4-9(8,6-7)11-2/h7-8H,3-6H2,1-2H3. The molecule has 0 aromatic heterocycles. The molecule has 2 nitrogen and oxygen atoms in total. The summed E-state index contributed by atoms with van der Waals surface area (Å²) >= 11 is 0. The van der Waals surface area contributed by atoms with Crippen LogP contribution >= 0.6 is 0 Å². The Morgan fingerprint density at radius 2 is 2.18 bits per heavy atom. The van der Waals surface area contributed by atoms with Gasteiger partial charge in [-0.25, -0.2) is 0 Å². The van der Waals surface area contributed by atoms with Gasteiger partial charge in [-0.1, -0.05) is 0 Å². The first-order valence-electron chi connectivity index (χ1n) is 4.39. The normalized spacial score (nSPS) is 48.5. The Kier molecular flexibility index (Phi) is 1.69. The van der Waals surface area contributed by atoms with Gasteiger partial charge in [0.2, 0.25) is 0 Å². The number of rotatable bonds is 2. The summed E-state index contributed by atoms with van der Waals surface area (Å²) in [5.41, 5.74) is 0.0966. The first-order valence-corrected chi connectivity index (χ1v) is 4.39. The lowest BCUT2D eigenvalue weighted by Gasteiger charge is -2.32. The maximum absolute atomic E-state index is 5.57. The lowest BCUT2D eigenvalue weighted by molar-refractivity contribution is -0.101. The lowest BCUT2D eigenvalue weighted by Crippen LogP contribution is -2.40. The summed E-state index contributed by atoms with van der Waals surface area (Å²) in [6.45, 7) is 0. The summed E-state index contributed by atoms with van der Waals surface area (Å²) in [4.78, 5) is 0. The Bertz CT molecular complexity index is 158. The second-order valence-corrected chi connectivity index (χ2v) is 3.84. The van der Waals surface area contributed by atoms with Crippen LogP contribution in [0.5, 0.6) is 0 Å². The van der Waals surface area contributed by atoms with Gasteiger partial charge in [0.05, 0.1) is 11.7 Å². The van der Waals surface area contributed by atoms with Crippen molar-refractivity contribution in [2.75, 3.05) is 14.2 Å². The number of hydrogen-bond donors (Lipinski definition) is 0. The van der Waals surface area contributed by atoms with Crippen LogP contribution in [0.1, 0.15) is 25.7 Å². The summed E-state index contributed by atoms with van der Waals surface area (Å²) < 4.78 is 11.0. The van der Waals surface area contributed by atoms with Crippen LogP contribution in [0.2, 0.25) is 0 Å². The molecular weight excluding hydrogens is 140 g/mol. The highest BCUT2D eigenvalue weighted by molar-refractivity contribution is 5.04. The third-order valence-corrected chi connectivity index (χ3v) is 3.44. The van der Waals surface area contributed by atoms with Gasteiger partial charge in [0.25, 0.3) is 0 Å². The summed E-state index contributed by atoms with van der Waals surface area (Å²) in [7, 11) is 3.62. The van der Waals surface area contributed by atoms with Crippen LogP contribution in [0.4, 0.5) is 0 Å². The SMILES string of the molecule is COC1CC2CCC1(OC)C2. The van der Waals surface area contributed by atoms with E-state index in [1.165, 1.54) is 25.7 Å².